The van der Waals surface area contributed by atoms with E-state index in [-0.39, 0.29) is 12.5 Å². The lowest BCUT2D eigenvalue weighted by molar-refractivity contribution is -0.138. The van der Waals surface area contributed by atoms with E-state index in [0.717, 1.165) is 11.1 Å². The van der Waals surface area contributed by atoms with Crippen LogP contribution in [0.5, 0.6) is 0 Å². The second-order valence-electron chi connectivity index (χ2n) is 5.19. The van der Waals surface area contributed by atoms with Crippen molar-refractivity contribution in [3.63, 3.8) is 0 Å². The average molecular weight is 264 g/mol. The Bertz CT molecular complexity index is 470. The van der Waals surface area contributed by atoms with Gasteiger partial charge in [-0.1, -0.05) is 24.3 Å². The van der Waals surface area contributed by atoms with Crippen LogP contribution in [0.25, 0.3) is 0 Å². The Hall–Kier alpha value is -2.04. The van der Waals surface area contributed by atoms with E-state index in [1.165, 1.54) is 0 Å². The van der Waals surface area contributed by atoms with Gasteiger partial charge in [-0.2, -0.15) is 0 Å². The summed E-state index contributed by atoms with van der Waals surface area (Å²) in [6, 6.07) is 7.40. The summed E-state index contributed by atoms with van der Waals surface area (Å²) >= 11 is 0. The molecule has 1 aromatic rings. The molecule has 0 atom stereocenters. The molecule has 104 valence electrons. The van der Waals surface area contributed by atoms with Gasteiger partial charge in [-0.15, -0.1) is 0 Å². The van der Waals surface area contributed by atoms with Gasteiger partial charge in [0, 0.05) is 12.1 Å². The van der Waals surface area contributed by atoms with E-state index in [9.17, 15) is 9.59 Å². The highest BCUT2D eigenvalue weighted by Gasteiger charge is 2.23. The number of urea groups is 1. The zero-order valence-corrected chi connectivity index (χ0v) is 11.5. The fraction of sp³-hybridized carbons (Fsp3) is 0.429. The fourth-order valence-electron chi connectivity index (χ4n) is 1.76. The molecule has 0 aliphatic heterocycles. The normalized spacial score (nSPS) is 10.9. The van der Waals surface area contributed by atoms with E-state index >= 15 is 0 Å². The van der Waals surface area contributed by atoms with E-state index < -0.39 is 11.5 Å². The number of amides is 2. The largest absolute Gasteiger partial charge is 0.481 e. The third-order valence-corrected chi connectivity index (χ3v) is 2.75. The third-order valence-electron chi connectivity index (χ3n) is 2.75. The van der Waals surface area contributed by atoms with Gasteiger partial charge >= 0.3 is 12.0 Å². The number of carbonyl (C=O) groups is 2. The topological polar surface area (TPSA) is 78.4 Å². The van der Waals surface area contributed by atoms with Crippen molar-refractivity contribution in [2.45, 2.75) is 39.3 Å². The minimum absolute atomic E-state index is 0.120. The van der Waals surface area contributed by atoms with Crippen molar-refractivity contribution in [3.05, 3.63) is 35.4 Å². The molecule has 1 rings (SSSR count). The molecule has 0 radical (unpaired) electrons. The minimum atomic E-state index is -0.941. The van der Waals surface area contributed by atoms with Crippen LogP contribution in [-0.4, -0.2) is 22.6 Å². The average Bonchev–Trinajstić information content (AvgIpc) is 2.25. The second-order valence-corrected chi connectivity index (χ2v) is 5.19. The highest BCUT2D eigenvalue weighted by molar-refractivity contribution is 5.76. The van der Waals surface area contributed by atoms with Gasteiger partial charge in [0.1, 0.15) is 0 Å². The van der Waals surface area contributed by atoms with Crippen molar-refractivity contribution >= 4 is 12.0 Å². The SMILES string of the molecule is Cc1ccccc1CNC(=O)NC(C)(C)CC(=O)O. The van der Waals surface area contributed by atoms with Gasteiger partial charge in [0.25, 0.3) is 0 Å². The predicted molar refractivity (Wildman–Crippen MR) is 72.9 cm³/mol. The lowest BCUT2D eigenvalue weighted by Gasteiger charge is -2.24. The number of nitrogens with one attached hydrogen (secondary N) is 2. The van der Waals surface area contributed by atoms with Gasteiger partial charge in [-0.05, 0) is 31.9 Å². The third kappa shape index (κ3) is 5.42. The monoisotopic (exact) mass is 264 g/mol. The Morgan fingerprint density at radius 2 is 1.89 bits per heavy atom. The first kappa shape index (κ1) is 15.0. The van der Waals surface area contributed by atoms with Crippen LogP contribution in [0, 0.1) is 6.92 Å². The highest BCUT2D eigenvalue weighted by atomic mass is 16.4. The zero-order valence-electron chi connectivity index (χ0n) is 11.5. The lowest BCUT2D eigenvalue weighted by Crippen LogP contribution is -2.49. The van der Waals surface area contributed by atoms with Crippen molar-refractivity contribution in [2.75, 3.05) is 0 Å². The molecule has 0 saturated carbocycles. The number of hydrogen-bond donors (Lipinski definition) is 3. The number of carboxylic acids is 1. The number of hydrogen-bond acceptors (Lipinski definition) is 2. The fourth-order valence-corrected chi connectivity index (χ4v) is 1.76. The molecule has 0 bridgehead atoms. The molecule has 0 aliphatic carbocycles. The van der Waals surface area contributed by atoms with Crippen molar-refractivity contribution in [1.82, 2.24) is 10.6 Å². The van der Waals surface area contributed by atoms with Gasteiger partial charge in [0.05, 0.1) is 6.42 Å². The van der Waals surface area contributed by atoms with Crippen LogP contribution >= 0.6 is 0 Å². The molecule has 0 heterocycles. The number of aryl methyl sites for hydroxylation is 1. The predicted octanol–water partition coefficient (Wildman–Crippen LogP) is 2.05. The van der Waals surface area contributed by atoms with Gasteiger partial charge in [0.2, 0.25) is 0 Å². The lowest BCUT2D eigenvalue weighted by atomic mass is 10.0. The molecule has 0 saturated heterocycles. The molecule has 1 aromatic carbocycles. The summed E-state index contributed by atoms with van der Waals surface area (Å²) < 4.78 is 0. The summed E-state index contributed by atoms with van der Waals surface area (Å²) in [5, 5.41) is 14.1. The van der Waals surface area contributed by atoms with Crippen molar-refractivity contribution < 1.29 is 14.7 Å². The van der Waals surface area contributed by atoms with Crippen molar-refractivity contribution in [1.29, 1.82) is 0 Å². The first-order chi connectivity index (χ1) is 8.80. The Balaban J connectivity index is 2.48. The zero-order chi connectivity index (χ0) is 14.5. The number of carboxylic acid groups (broad SMARTS) is 1. The van der Waals surface area contributed by atoms with Crippen molar-refractivity contribution in [2.24, 2.45) is 0 Å². The maximum atomic E-state index is 11.7. The molecule has 5 nitrogen and oxygen atoms in total. The van der Waals surface area contributed by atoms with E-state index in [1.807, 2.05) is 31.2 Å². The molecule has 0 spiro atoms. The Morgan fingerprint density at radius 3 is 2.47 bits per heavy atom. The van der Waals surface area contributed by atoms with Gasteiger partial charge in [0.15, 0.2) is 0 Å². The summed E-state index contributed by atoms with van der Waals surface area (Å²) in [5.74, 6) is -0.941. The Labute approximate surface area is 113 Å². The number of aliphatic carboxylic acids is 1. The smallest absolute Gasteiger partial charge is 0.315 e. The van der Waals surface area contributed by atoms with Crippen LogP contribution in [-0.2, 0) is 11.3 Å². The van der Waals surface area contributed by atoms with Gasteiger partial charge in [-0.25, -0.2) is 4.79 Å². The molecule has 0 aliphatic rings. The first-order valence-corrected chi connectivity index (χ1v) is 6.12. The quantitative estimate of drug-likeness (QED) is 0.761. The van der Waals surface area contributed by atoms with E-state index in [1.54, 1.807) is 13.8 Å². The summed E-state index contributed by atoms with van der Waals surface area (Å²) in [4.78, 5) is 22.4. The Kier molecular flexibility index (Phi) is 4.92. The second kappa shape index (κ2) is 6.22. The maximum Gasteiger partial charge on any atom is 0.315 e. The molecule has 5 heteroatoms. The van der Waals surface area contributed by atoms with Gasteiger partial charge < -0.3 is 15.7 Å². The van der Waals surface area contributed by atoms with Crippen LogP contribution in [0.3, 0.4) is 0 Å². The number of carbonyl (C=O) groups excluding carboxylic acids is 1. The van der Waals surface area contributed by atoms with E-state index in [0.29, 0.717) is 6.54 Å². The molecule has 0 fully saturated rings. The van der Waals surface area contributed by atoms with Crippen LogP contribution in [0.4, 0.5) is 4.79 Å². The van der Waals surface area contributed by atoms with Gasteiger partial charge in [-0.3, -0.25) is 4.79 Å². The van der Waals surface area contributed by atoms with Crippen LogP contribution in [0.1, 0.15) is 31.4 Å². The Morgan fingerprint density at radius 1 is 1.26 bits per heavy atom. The summed E-state index contributed by atoms with van der Waals surface area (Å²) in [6.45, 7) is 5.74. The molecule has 2 amide bonds. The first-order valence-electron chi connectivity index (χ1n) is 6.12. The molecule has 0 unspecified atom stereocenters. The molecule has 19 heavy (non-hydrogen) atoms. The van der Waals surface area contributed by atoms with Crippen LogP contribution < -0.4 is 10.6 Å². The molecule has 3 N–H and O–H groups in total. The summed E-state index contributed by atoms with van der Waals surface area (Å²) in [7, 11) is 0. The standard InChI is InChI=1S/C14H20N2O3/c1-10-6-4-5-7-11(10)9-15-13(19)16-14(2,3)8-12(17)18/h4-7H,8-9H2,1-3H3,(H,17,18)(H2,15,16,19). The van der Waals surface area contributed by atoms with E-state index in [4.69, 9.17) is 5.11 Å². The molecular formula is C14H20N2O3. The summed E-state index contributed by atoms with van der Waals surface area (Å²) in [6.07, 6.45) is -0.120. The molecular weight excluding hydrogens is 244 g/mol. The number of benzene rings is 1. The number of rotatable bonds is 5. The van der Waals surface area contributed by atoms with Crippen molar-refractivity contribution in [3.8, 4) is 0 Å². The van der Waals surface area contributed by atoms with Crippen LogP contribution in [0.15, 0.2) is 24.3 Å². The minimum Gasteiger partial charge on any atom is -0.481 e. The molecule has 0 aromatic heterocycles. The maximum absolute atomic E-state index is 11.7. The van der Waals surface area contributed by atoms with Crippen LogP contribution in [0.2, 0.25) is 0 Å². The van der Waals surface area contributed by atoms with E-state index in [2.05, 4.69) is 10.6 Å². The highest BCUT2D eigenvalue weighted by Crippen LogP contribution is 2.08. The summed E-state index contributed by atoms with van der Waals surface area (Å²) in [5.41, 5.74) is 1.36.